The van der Waals surface area contributed by atoms with E-state index >= 15 is 0 Å². The highest BCUT2D eigenvalue weighted by molar-refractivity contribution is 7.89. The number of rotatable bonds is 5. The highest BCUT2D eigenvalue weighted by Gasteiger charge is 2.21. The zero-order valence-electron chi connectivity index (χ0n) is 12.6. The van der Waals surface area contributed by atoms with E-state index in [2.05, 4.69) is 20.3 Å². The van der Waals surface area contributed by atoms with Gasteiger partial charge in [-0.2, -0.15) is 0 Å². The maximum atomic E-state index is 12.0. The van der Waals surface area contributed by atoms with E-state index in [4.69, 9.17) is 0 Å². The fourth-order valence-corrected chi connectivity index (χ4v) is 3.16. The number of aryl methyl sites for hydroxylation is 2. The van der Waals surface area contributed by atoms with Crippen molar-refractivity contribution in [3.8, 4) is 0 Å². The van der Waals surface area contributed by atoms with Gasteiger partial charge in [0.15, 0.2) is 5.03 Å². The largest absolute Gasteiger partial charge is 0.351 e. The molecule has 126 valence electrons. The molecule has 0 saturated carbocycles. The summed E-state index contributed by atoms with van der Waals surface area (Å²) in [5.74, 6) is 0.257. The molecule has 0 spiro atoms. The van der Waals surface area contributed by atoms with Crippen molar-refractivity contribution in [2.24, 2.45) is 7.05 Å². The molecule has 0 unspecified atom stereocenters. The number of hydrogen-bond donors (Lipinski definition) is 3. The first-order chi connectivity index (χ1) is 9.88. The molecule has 2 heterocycles. The Kier molecular flexibility index (Phi) is 6.79. The van der Waals surface area contributed by atoms with Crippen molar-refractivity contribution in [1.29, 1.82) is 0 Å². The van der Waals surface area contributed by atoms with Crippen molar-refractivity contribution in [3.63, 3.8) is 0 Å². The zero-order valence-corrected chi connectivity index (χ0v) is 14.3. The lowest BCUT2D eigenvalue weighted by molar-refractivity contribution is -0.120. The van der Waals surface area contributed by atoms with Gasteiger partial charge in [-0.1, -0.05) is 0 Å². The molecule has 22 heavy (non-hydrogen) atoms. The van der Waals surface area contributed by atoms with Crippen LogP contribution in [0.4, 0.5) is 0 Å². The van der Waals surface area contributed by atoms with Gasteiger partial charge in [-0.3, -0.25) is 4.79 Å². The molecular weight excluding hydrogens is 330 g/mol. The monoisotopic (exact) mass is 351 g/mol. The molecule has 1 fully saturated rings. The molecule has 1 aromatic heterocycles. The van der Waals surface area contributed by atoms with Gasteiger partial charge in [0.2, 0.25) is 5.91 Å². The first-order valence-electron chi connectivity index (χ1n) is 6.88. The van der Waals surface area contributed by atoms with Crippen LogP contribution in [0, 0.1) is 6.92 Å². The van der Waals surface area contributed by atoms with Crippen molar-refractivity contribution >= 4 is 28.3 Å². The van der Waals surface area contributed by atoms with Crippen LogP contribution in [0.5, 0.6) is 0 Å². The number of imidazole rings is 1. The summed E-state index contributed by atoms with van der Waals surface area (Å²) in [5.41, 5.74) is 0. The number of nitrogens with zero attached hydrogens (tertiary/aromatic N) is 2. The molecule has 1 aromatic rings. The predicted molar refractivity (Wildman–Crippen MR) is 84.4 cm³/mol. The Bertz CT molecular complexity index is 591. The number of piperidine rings is 1. The van der Waals surface area contributed by atoms with Gasteiger partial charge in [-0.15, -0.1) is 12.4 Å². The topological polar surface area (TPSA) is 105 Å². The summed E-state index contributed by atoms with van der Waals surface area (Å²) in [6, 6.07) is 0.0628. The minimum atomic E-state index is -3.76. The summed E-state index contributed by atoms with van der Waals surface area (Å²) in [6.07, 6.45) is 3.33. The molecule has 1 amide bonds. The van der Waals surface area contributed by atoms with Crippen molar-refractivity contribution in [1.82, 2.24) is 24.9 Å². The minimum absolute atomic E-state index is 0. The minimum Gasteiger partial charge on any atom is -0.351 e. The summed E-state index contributed by atoms with van der Waals surface area (Å²) in [6.45, 7) is 3.10. The third kappa shape index (κ3) is 4.94. The number of sulfonamides is 1. The van der Waals surface area contributed by atoms with E-state index < -0.39 is 10.0 Å². The van der Waals surface area contributed by atoms with Crippen LogP contribution in [0.25, 0.3) is 0 Å². The molecule has 0 radical (unpaired) electrons. The SMILES string of the molecule is Cc1nc(S(=O)(=O)NCC(=O)N[C@H]2CCCNC2)cn1C.Cl. The van der Waals surface area contributed by atoms with E-state index in [-0.39, 0.29) is 35.9 Å². The number of hydrogen-bond acceptors (Lipinski definition) is 5. The van der Waals surface area contributed by atoms with Gasteiger partial charge in [-0.05, 0) is 26.3 Å². The van der Waals surface area contributed by atoms with Crippen LogP contribution in [0.2, 0.25) is 0 Å². The van der Waals surface area contributed by atoms with Gasteiger partial charge < -0.3 is 15.2 Å². The summed E-state index contributed by atoms with van der Waals surface area (Å²) in [5, 5.41) is 5.91. The first kappa shape index (κ1) is 18.9. The molecule has 2 rings (SSSR count). The zero-order chi connectivity index (χ0) is 15.5. The Morgan fingerprint density at radius 2 is 2.27 bits per heavy atom. The fourth-order valence-electron chi connectivity index (χ4n) is 2.14. The summed E-state index contributed by atoms with van der Waals surface area (Å²) >= 11 is 0. The number of nitrogens with one attached hydrogen (secondary N) is 3. The van der Waals surface area contributed by atoms with Crippen molar-refractivity contribution < 1.29 is 13.2 Å². The molecule has 0 bridgehead atoms. The predicted octanol–water partition coefficient (Wildman–Crippen LogP) is -0.703. The number of aromatic nitrogens is 2. The number of carbonyl (C=O) groups is 1. The maximum absolute atomic E-state index is 12.0. The lowest BCUT2D eigenvalue weighted by Gasteiger charge is -2.23. The molecule has 8 nitrogen and oxygen atoms in total. The molecule has 1 saturated heterocycles. The van der Waals surface area contributed by atoms with E-state index in [1.807, 2.05) is 0 Å². The van der Waals surface area contributed by atoms with Crippen molar-refractivity contribution in [2.75, 3.05) is 19.6 Å². The highest BCUT2D eigenvalue weighted by Crippen LogP contribution is 2.07. The Labute approximate surface area is 136 Å². The second kappa shape index (κ2) is 7.91. The van der Waals surface area contributed by atoms with E-state index in [1.165, 1.54) is 6.20 Å². The molecule has 1 atom stereocenters. The molecule has 1 aliphatic heterocycles. The standard InChI is InChI=1S/C12H21N5O3S.ClH/c1-9-15-12(8-17(9)2)21(19,20)14-7-11(18)16-10-4-3-5-13-6-10;/h8,10,13-14H,3-7H2,1-2H3,(H,16,18);1H/t10-;/m0./s1. The normalized spacial score (nSPS) is 18.5. The van der Waals surface area contributed by atoms with Crippen LogP contribution in [0.15, 0.2) is 11.2 Å². The average molecular weight is 352 g/mol. The molecule has 3 N–H and O–H groups in total. The van der Waals surface area contributed by atoms with Crippen LogP contribution < -0.4 is 15.4 Å². The Hall–Kier alpha value is -1.16. The van der Waals surface area contributed by atoms with E-state index in [0.717, 1.165) is 25.9 Å². The van der Waals surface area contributed by atoms with Gasteiger partial charge in [0, 0.05) is 25.8 Å². The third-order valence-electron chi connectivity index (χ3n) is 3.45. The summed E-state index contributed by atoms with van der Waals surface area (Å²) in [7, 11) is -2.04. The van der Waals surface area contributed by atoms with Crippen LogP contribution in [-0.4, -0.2) is 49.6 Å². The molecule has 1 aliphatic rings. The van der Waals surface area contributed by atoms with Gasteiger partial charge in [0.1, 0.15) is 5.82 Å². The molecule has 0 aliphatic carbocycles. The van der Waals surface area contributed by atoms with E-state index in [1.54, 1.807) is 18.5 Å². The smallest absolute Gasteiger partial charge is 0.260 e. The number of amides is 1. The Balaban J connectivity index is 0.00000242. The van der Waals surface area contributed by atoms with Gasteiger partial charge in [0.05, 0.1) is 6.54 Å². The molecule has 0 aromatic carbocycles. The van der Waals surface area contributed by atoms with Crippen LogP contribution in [0.3, 0.4) is 0 Å². The highest BCUT2D eigenvalue weighted by atomic mass is 35.5. The third-order valence-corrected chi connectivity index (χ3v) is 4.72. The maximum Gasteiger partial charge on any atom is 0.260 e. The second-order valence-corrected chi connectivity index (χ2v) is 6.89. The summed E-state index contributed by atoms with van der Waals surface area (Å²) in [4.78, 5) is 15.7. The first-order valence-corrected chi connectivity index (χ1v) is 8.36. The average Bonchev–Trinajstić information content (AvgIpc) is 2.79. The van der Waals surface area contributed by atoms with Crippen LogP contribution in [-0.2, 0) is 21.9 Å². The van der Waals surface area contributed by atoms with Gasteiger partial charge in [-0.25, -0.2) is 18.1 Å². The molecular formula is C12H22ClN5O3S. The van der Waals surface area contributed by atoms with Gasteiger partial charge in [0.25, 0.3) is 10.0 Å². The van der Waals surface area contributed by atoms with Crippen LogP contribution in [0.1, 0.15) is 18.7 Å². The lowest BCUT2D eigenvalue weighted by Crippen LogP contribution is -2.48. The van der Waals surface area contributed by atoms with E-state index in [9.17, 15) is 13.2 Å². The van der Waals surface area contributed by atoms with Crippen molar-refractivity contribution in [3.05, 3.63) is 12.0 Å². The van der Waals surface area contributed by atoms with E-state index in [0.29, 0.717) is 5.82 Å². The quantitative estimate of drug-likeness (QED) is 0.650. The molecule has 10 heteroatoms. The summed E-state index contributed by atoms with van der Waals surface area (Å²) < 4.78 is 27.9. The second-order valence-electron chi connectivity index (χ2n) is 5.17. The lowest BCUT2D eigenvalue weighted by atomic mass is 10.1. The van der Waals surface area contributed by atoms with Crippen LogP contribution >= 0.6 is 12.4 Å². The Morgan fingerprint density at radius 1 is 1.55 bits per heavy atom. The number of halogens is 1. The fraction of sp³-hybridized carbons (Fsp3) is 0.667. The Morgan fingerprint density at radius 3 is 2.82 bits per heavy atom. The number of carbonyl (C=O) groups excluding carboxylic acids is 1. The van der Waals surface area contributed by atoms with Gasteiger partial charge >= 0.3 is 0 Å². The van der Waals surface area contributed by atoms with Crippen molar-refractivity contribution in [2.45, 2.75) is 30.8 Å².